The molecule has 0 radical (unpaired) electrons. The molecule has 0 saturated heterocycles. The molecular weight excluding hydrogens is 200 g/mol. The Hall–Kier alpha value is -0.890. The molecule has 78 valence electrons. The Labute approximate surface area is 89.8 Å². The van der Waals surface area contributed by atoms with E-state index in [0.29, 0.717) is 12.5 Å². The Morgan fingerprint density at radius 3 is 2.64 bits per heavy atom. The van der Waals surface area contributed by atoms with Crippen molar-refractivity contribution in [3.05, 3.63) is 23.8 Å². The largest absolute Gasteiger partial charge is 0.493 e. The maximum absolute atomic E-state index is 5.54. The van der Waals surface area contributed by atoms with Crippen molar-refractivity contribution in [1.29, 1.82) is 0 Å². The molecule has 0 spiro atoms. The zero-order valence-corrected chi connectivity index (χ0v) is 9.30. The molecule has 0 saturated carbocycles. The van der Waals surface area contributed by atoms with Crippen molar-refractivity contribution in [1.82, 2.24) is 0 Å². The molecule has 3 heteroatoms. The summed E-state index contributed by atoms with van der Waals surface area (Å²) in [4.78, 5) is 0. The molecule has 0 aliphatic carbocycles. The molecule has 1 rings (SSSR count). The number of benzene rings is 1. The average Bonchev–Trinajstić information content (AvgIpc) is 2.26. The van der Waals surface area contributed by atoms with Crippen LogP contribution in [0.3, 0.4) is 0 Å². The van der Waals surface area contributed by atoms with E-state index in [9.17, 15) is 0 Å². The summed E-state index contributed by atoms with van der Waals surface area (Å²) in [5.41, 5.74) is 1.24. The molecule has 0 heterocycles. The van der Waals surface area contributed by atoms with Gasteiger partial charge in [-0.3, -0.25) is 0 Å². The molecule has 14 heavy (non-hydrogen) atoms. The Kier molecular flexibility index (Phi) is 4.60. The van der Waals surface area contributed by atoms with Crippen LogP contribution in [0.15, 0.2) is 18.2 Å². The van der Waals surface area contributed by atoms with Gasteiger partial charge in [-0.1, -0.05) is 13.0 Å². The monoisotopic (exact) mass is 214 g/mol. The molecule has 0 atom stereocenters. The van der Waals surface area contributed by atoms with E-state index in [-0.39, 0.29) is 0 Å². The second-order valence-corrected chi connectivity index (χ2v) is 3.25. The number of methoxy groups -OCH3 is 1. The van der Waals surface area contributed by atoms with Crippen LogP contribution < -0.4 is 9.47 Å². The Bertz CT molecular complexity index is 287. The van der Waals surface area contributed by atoms with E-state index in [0.717, 1.165) is 17.9 Å². The predicted molar refractivity (Wildman–Crippen MR) is 58.6 cm³/mol. The van der Waals surface area contributed by atoms with Crippen molar-refractivity contribution in [2.45, 2.75) is 13.3 Å². The van der Waals surface area contributed by atoms with Crippen LogP contribution in [-0.4, -0.2) is 19.6 Å². The molecule has 0 N–H and O–H groups in total. The van der Waals surface area contributed by atoms with E-state index in [2.05, 4.69) is 6.92 Å². The highest BCUT2D eigenvalue weighted by atomic mass is 35.5. The number of rotatable bonds is 5. The number of halogens is 1. The lowest BCUT2D eigenvalue weighted by molar-refractivity contribution is 0.312. The molecule has 0 unspecified atom stereocenters. The van der Waals surface area contributed by atoms with Crippen molar-refractivity contribution in [3.8, 4) is 11.5 Å². The fourth-order valence-corrected chi connectivity index (χ4v) is 1.28. The third-order valence-corrected chi connectivity index (χ3v) is 2.13. The molecule has 0 aromatic heterocycles. The third-order valence-electron chi connectivity index (χ3n) is 1.97. The van der Waals surface area contributed by atoms with Gasteiger partial charge in [-0.2, -0.15) is 0 Å². The molecule has 1 aromatic rings. The maximum Gasteiger partial charge on any atom is 0.161 e. The molecule has 1 aromatic carbocycles. The van der Waals surface area contributed by atoms with E-state index in [1.807, 2.05) is 18.2 Å². The molecule has 0 bridgehead atoms. The summed E-state index contributed by atoms with van der Waals surface area (Å²) in [6.45, 7) is 2.61. The molecule has 0 aliphatic heterocycles. The third kappa shape index (κ3) is 2.81. The van der Waals surface area contributed by atoms with Crippen molar-refractivity contribution < 1.29 is 9.47 Å². The summed E-state index contributed by atoms with van der Waals surface area (Å²) in [6, 6.07) is 5.94. The van der Waals surface area contributed by atoms with Crippen LogP contribution in [-0.2, 0) is 6.42 Å². The summed E-state index contributed by atoms with van der Waals surface area (Å²) in [6.07, 6.45) is 0.992. The quantitative estimate of drug-likeness (QED) is 0.702. The van der Waals surface area contributed by atoms with Gasteiger partial charge in [0, 0.05) is 0 Å². The van der Waals surface area contributed by atoms with Crippen LogP contribution in [0.25, 0.3) is 0 Å². The van der Waals surface area contributed by atoms with E-state index in [1.54, 1.807) is 7.11 Å². The van der Waals surface area contributed by atoms with Gasteiger partial charge in [0.1, 0.15) is 6.61 Å². The minimum absolute atomic E-state index is 0.485. The molecule has 0 amide bonds. The first-order valence-corrected chi connectivity index (χ1v) is 5.21. The predicted octanol–water partition coefficient (Wildman–Crippen LogP) is 2.88. The van der Waals surface area contributed by atoms with E-state index < -0.39 is 0 Å². The van der Waals surface area contributed by atoms with Gasteiger partial charge in [0.15, 0.2) is 11.5 Å². The summed E-state index contributed by atoms with van der Waals surface area (Å²) in [7, 11) is 1.64. The lowest BCUT2D eigenvalue weighted by atomic mass is 10.1. The van der Waals surface area contributed by atoms with Crippen molar-refractivity contribution in [2.24, 2.45) is 0 Å². The summed E-state index contributed by atoms with van der Waals surface area (Å²) >= 11 is 5.54. The maximum atomic E-state index is 5.54. The summed E-state index contributed by atoms with van der Waals surface area (Å²) in [5.74, 6) is 2.01. The van der Waals surface area contributed by atoms with E-state index in [1.165, 1.54) is 5.56 Å². The van der Waals surface area contributed by atoms with Crippen molar-refractivity contribution in [2.75, 3.05) is 19.6 Å². The normalized spacial score (nSPS) is 9.93. The van der Waals surface area contributed by atoms with Gasteiger partial charge in [0.05, 0.1) is 13.0 Å². The van der Waals surface area contributed by atoms with Crippen LogP contribution in [0, 0.1) is 0 Å². The van der Waals surface area contributed by atoms with Gasteiger partial charge < -0.3 is 9.47 Å². The highest BCUT2D eigenvalue weighted by molar-refractivity contribution is 6.18. The fourth-order valence-electron chi connectivity index (χ4n) is 1.20. The van der Waals surface area contributed by atoms with Crippen LogP contribution in [0.5, 0.6) is 11.5 Å². The summed E-state index contributed by atoms with van der Waals surface area (Å²) < 4.78 is 10.6. The van der Waals surface area contributed by atoms with Crippen LogP contribution in [0.2, 0.25) is 0 Å². The van der Waals surface area contributed by atoms with Gasteiger partial charge in [-0.05, 0) is 24.1 Å². The Balaban J connectivity index is 2.82. The Morgan fingerprint density at radius 2 is 2.07 bits per heavy atom. The minimum Gasteiger partial charge on any atom is -0.493 e. The van der Waals surface area contributed by atoms with Gasteiger partial charge in [-0.15, -0.1) is 11.6 Å². The van der Waals surface area contributed by atoms with Crippen LogP contribution >= 0.6 is 11.6 Å². The van der Waals surface area contributed by atoms with E-state index >= 15 is 0 Å². The zero-order valence-electron chi connectivity index (χ0n) is 8.55. The standard InChI is InChI=1S/C11H15ClO2/c1-3-9-4-5-10(14-7-6-12)11(8-9)13-2/h4-5,8H,3,6-7H2,1-2H3. The molecule has 0 aliphatic rings. The minimum atomic E-state index is 0.485. The second kappa shape index (κ2) is 5.76. The van der Waals surface area contributed by atoms with Gasteiger partial charge in [0.25, 0.3) is 0 Å². The van der Waals surface area contributed by atoms with Gasteiger partial charge in [-0.25, -0.2) is 0 Å². The topological polar surface area (TPSA) is 18.5 Å². The highest BCUT2D eigenvalue weighted by Gasteiger charge is 2.04. The van der Waals surface area contributed by atoms with Crippen molar-refractivity contribution >= 4 is 11.6 Å². The first-order chi connectivity index (χ1) is 6.81. The first-order valence-electron chi connectivity index (χ1n) is 4.67. The van der Waals surface area contributed by atoms with Gasteiger partial charge >= 0.3 is 0 Å². The zero-order chi connectivity index (χ0) is 10.4. The second-order valence-electron chi connectivity index (χ2n) is 2.88. The van der Waals surface area contributed by atoms with Gasteiger partial charge in [0.2, 0.25) is 0 Å². The number of alkyl halides is 1. The first kappa shape index (κ1) is 11.2. The lowest BCUT2D eigenvalue weighted by Gasteiger charge is -2.10. The molecular formula is C11H15ClO2. The number of hydrogen-bond donors (Lipinski definition) is 0. The number of aryl methyl sites for hydroxylation is 1. The highest BCUT2D eigenvalue weighted by Crippen LogP contribution is 2.28. The lowest BCUT2D eigenvalue weighted by Crippen LogP contribution is -2.00. The molecule has 2 nitrogen and oxygen atoms in total. The SMILES string of the molecule is CCc1ccc(OCCCl)c(OC)c1. The molecule has 0 fully saturated rings. The van der Waals surface area contributed by atoms with E-state index in [4.69, 9.17) is 21.1 Å². The fraction of sp³-hybridized carbons (Fsp3) is 0.455. The van der Waals surface area contributed by atoms with Crippen LogP contribution in [0.4, 0.5) is 0 Å². The average molecular weight is 215 g/mol. The van der Waals surface area contributed by atoms with Crippen molar-refractivity contribution in [3.63, 3.8) is 0 Å². The number of hydrogen-bond acceptors (Lipinski definition) is 2. The summed E-state index contributed by atoms with van der Waals surface area (Å²) in [5, 5.41) is 0. The Morgan fingerprint density at radius 1 is 1.29 bits per heavy atom. The van der Waals surface area contributed by atoms with Crippen LogP contribution in [0.1, 0.15) is 12.5 Å². The number of ether oxygens (including phenoxy) is 2. The smallest absolute Gasteiger partial charge is 0.161 e.